The summed E-state index contributed by atoms with van der Waals surface area (Å²) in [5.74, 6) is 0.257. The van der Waals surface area contributed by atoms with E-state index in [2.05, 4.69) is 55.3 Å². The van der Waals surface area contributed by atoms with Gasteiger partial charge in [0.05, 0.1) is 0 Å². The molecule has 24 heavy (non-hydrogen) atoms. The zero-order valence-corrected chi connectivity index (χ0v) is 15.3. The predicted molar refractivity (Wildman–Crippen MR) is 101 cm³/mol. The molecule has 1 amide bonds. The lowest BCUT2D eigenvalue weighted by Gasteiger charge is -2.35. The monoisotopic (exact) mass is 329 g/mol. The van der Waals surface area contributed by atoms with E-state index in [4.69, 9.17) is 0 Å². The maximum atomic E-state index is 12.0. The molecule has 2 aliphatic rings. The van der Waals surface area contributed by atoms with Crippen molar-refractivity contribution in [3.05, 3.63) is 24.3 Å². The van der Waals surface area contributed by atoms with Crippen LogP contribution in [-0.4, -0.2) is 37.1 Å². The number of anilines is 2. The van der Waals surface area contributed by atoms with Crippen molar-refractivity contribution in [2.45, 2.75) is 71.0 Å². The molecule has 0 bridgehead atoms. The third-order valence-corrected chi connectivity index (χ3v) is 5.61. The van der Waals surface area contributed by atoms with Crippen molar-refractivity contribution in [1.29, 1.82) is 0 Å². The Kier molecular flexibility index (Phi) is 5.44. The quantitative estimate of drug-likeness (QED) is 0.897. The second-order valence-electron chi connectivity index (χ2n) is 7.41. The van der Waals surface area contributed by atoms with Gasteiger partial charge in [-0.1, -0.05) is 6.92 Å². The molecule has 2 heterocycles. The number of hydrogen-bond acceptors (Lipinski definition) is 3. The molecule has 0 saturated carbocycles. The van der Waals surface area contributed by atoms with Crippen LogP contribution in [0.2, 0.25) is 0 Å². The molecule has 4 heteroatoms. The van der Waals surface area contributed by atoms with Crippen LogP contribution in [0.4, 0.5) is 11.4 Å². The van der Waals surface area contributed by atoms with Crippen LogP contribution < -0.4 is 15.1 Å². The van der Waals surface area contributed by atoms with Gasteiger partial charge in [-0.25, -0.2) is 0 Å². The van der Waals surface area contributed by atoms with Crippen LogP contribution in [0.3, 0.4) is 0 Å². The summed E-state index contributed by atoms with van der Waals surface area (Å²) in [5.41, 5.74) is 2.32. The molecular weight excluding hydrogens is 298 g/mol. The Balaban J connectivity index is 1.58. The van der Waals surface area contributed by atoms with Gasteiger partial charge >= 0.3 is 0 Å². The summed E-state index contributed by atoms with van der Waals surface area (Å²) in [5, 5.41) is 3.73. The van der Waals surface area contributed by atoms with E-state index in [-0.39, 0.29) is 5.91 Å². The van der Waals surface area contributed by atoms with Crippen molar-refractivity contribution in [1.82, 2.24) is 5.32 Å². The number of carbonyl (C=O) groups is 1. The molecule has 4 nitrogen and oxygen atoms in total. The summed E-state index contributed by atoms with van der Waals surface area (Å²) in [7, 11) is 0. The van der Waals surface area contributed by atoms with Crippen LogP contribution in [0.5, 0.6) is 0 Å². The summed E-state index contributed by atoms with van der Waals surface area (Å²) in [6.45, 7) is 8.85. The maximum absolute atomic E-state index is 12.0. The van der Waals surface area contributed by atoms with Crippen LogP contribution in [0.25, 0.3) is 0 Å². The standard InChI is InChI=1S/C20H31N3O/c1-4-15(2)21-17-11-13-22(14-12-17)18-6-8-19(9-7-18)23-16(3)5-10-20(23)24/h6-9,15-17,21H,4-5,10-14H2,1-3H3. The molecule has 0 spiro atoms. The number of rotatable bonds is 5. The van der Waals surface area contributed by atoms with Crippen molar-refractivity contribution in [3.63, 3.8) is 0 Å². The van der Waals surface area contributed by atoms with Crippen LogP contribution >= 0.6 is 0 Å². The fraction of sp³-hybridized carbons (Fsp3) is 0.650. The molecule has 132 valence electrons. The molecular formula is C20H31N3O. The van der Waals surface area contributed by atoms with Gasteiger partial charge in [-0.15, -0.1) is 0 Å². The SMILES string of the molecule is CCC(C)NC1CCN(c2ccc(N3C(=O)CCC3C)cc2)CC1. The van der Waals surface area contributed by atoms with Crippen LogP contribution in [0, 0.1) is 0 Å². The summed E-state index contributed by atoms with van der Waals surface area (Å²) in [6.07, 6.45) is 5.24. The van der Waals surface area contributed by atoms with Gasteiger partial charge < -0.3 is 15.1 Å². The average molecular weight is 329 g/mol. The van der Waals surface area contributed by atoms with Gasteiger partial charge in [0.2, 0.25) is 5.91 Å². The van der Waals surface area contributed by atoms with E-state index >= 15 is 0 Å². The number of nitrogens with zero attached hydrogens (tertiary/aromatic N) is 2. The Bertz CT molecular complexity index is 549. The van der Waals surface area contributed by atoms with E-state index in [0.717, 1.165) is 25.2 Å². The number of benzene rings is 1. The summed E-state index contributed by atoms with van der Waals surface area (Å²) in [4.78, 5) is 16.4. The van der Waals surface area contributed by atoms with E-state index < -0.39 is 0 Å². The lowest BCUT2D eigenvalue weighted by molar-refractivity contribution is -0.117. The first kappa shape index (κ1) is 17.3. The molecule has 0 radical (unpaired) electrons. The highest BCUT2D eigenvalue weighted by Crippen LogP contribution is 2.29. The number of amides is 1. The zero-order chi connectivity index (χ0) is 17.1. The van der Waals surface area contributed by atoms with Gasteiger partial charge in [-0.3, -0.25) is 4.79 Å². The average Bonchev–Trinajstić information content (AvgIpc) is 2.94. The number of piperidine rings is 1. The van der Waals surface area contributed by atoms with E-state index in [1.54, 1.807) is 0 Å². The van der Waals surface area contributed by atoms with E-state index in [0.29, 0.717) is 24.5 Å². The number of nitrogens with one attached hydrogen (secondary N) is 1. The van der Waals surface area contributed by atoms with Crippen molar-refractivity contribution >= 4 is 17.3 Å². The molecule has 1 aromatic carbocycles. The molecule has 2 aliphatic heterocycles. The Labute approximate surface area is 146 Å². The Hall–Kier alpha value is -1.55. The van der Waals surface area contributed by atoms with Crippen molar-refractivity contribution < 1.29 is 4.79 Å². The van der Waals surface area contributed by atoms with Crippen LogP contribution in [-0.2, 0) is 4.79 Å². The first-order chi connectivity index (χ1) is 11.6. The zero-order valence-electron chi connectivity index (χ0n) is 15.3. The Morgan fingerprint density at radius 1 is 1.12 bits per heavy atom. The lowest BCUT2D eigenvalue weighted by atomic mass is 10.0. The van der Waals surface area contributed by atoms with Crippen molar-refractivity contribution in [2.24, 2.45) is 0 Å². The van der Waals surface area contributed by atoms with Gasteiger partial charge in [0.15, 0.2) is 0 Å². The highest BCUT2D eigenvalue weighted by atomic mass is 16.2. The smallest absolute Gasteiger partial charge is 0.227 e. The molecule has 3 rings (SSSR count). The summed E-state index contributed by atoms with van der Waals surface area (Å²) >= 11 is 0. The van der Waals surface area contributed by atoms with Crippen LogP contribution in [0.15, 0.2) is 24.3 Å². The molecule has 2 unspecified atom stereocenters. The van der Waals surface area contributed by atoms with Crippen LogP contribution in [0.1, 0.15) is 52.9 Å². The van der Waals surface area contributed by atoms with Gasteiger partial charge in [0.25, 0.3) is 0 Å². The van der Waals surface area contributed by atoms with E-state index in [1.165, 1.54) is 24.9 Å². The fourth-order valence-corrected chi connectivity index (χ4v) is 3.87. The third-order valence-electron chi connectivity index (χ3n) is 5.61. The molecule has 1 aromatic rings. The minimum atomic E-state index is 0.257. The third kappa shape index (κ3) is 3.75. The largest absolute Gasteiger partial charge is 0.371 e. The maximum Gasteiger partial charge on any atom is 0.227 e. The van der Waals surface area contributed by atoms with E-state index in [9.17, 15) is 4.79 Å². The van der Waals surface area contributed by atoms with Gasteiger partial charge in [-0.05, 0) is 63.8 Å². The van der Waals surface area contributed by atoms with E-state index in [1.807, 2.05) is 4.90 Å². The molecule has 2 fully saturated rings. The molecule has 1 N–H and O–H groups in total. The second-order valence-corrected chi connectivity index (χ2v) is 7.41. The molecule has 0 aliphatic carbocycles. The number of hydrogen-bond donors (Lipinski definition) is 1. The minimum Gasteiger partial charge on any atom is -0.371 e. The first-order valence-electron chi connectivity index (χ1n) is 9.51. The topological polar surface area (TPSA) is 35.6 Å². The molecule has 2 atom stereocenters. The first-order valence-corrected chi connectivity index (χ1v) is 9.51. The lowest BCUT2D eigenvalue weighted by Crippen LogP contribution is -2.45. The molecule has 0 aromatic heterocycles. The normalized spacial score (nSPS) is 23.8. The van der Waals surface area contributed by atoms with Crippen molar-refractivity contribution in [2.75, 3.05) is 22.9 Å². The summed E-state index contributed by atoms with van der Waals surface area (Å²) in [6, 6.07) is 10.2. The summed E-state index contributed by atoms with van der Waals surface area (Å²) < 4.78 is 0. The highest BCUT2D eigenvalue weighted by Gasteiger charge is 2.28. The highest BCUT2D eigenvalue weighted by molar-refractivity contribution is 5.96. The van der Waals surface area contributed by atoms with Crippen molar-refractivity contribution in [3.8, 4) is 0 Å². The van der Waals surface area contributed by atoms with Gasteiger partial charge in [-0.2, -0.15) is 0 Å². The number of carbonyl (C=O) groups excluding carboxylic acids is 1. The van der Waals surface area contributed by atoms with Gasteiger partial charge in [0, 0.05) is 49.0 Å². The fourth-order valence-electron chi connectivity index (χ4n) is 3.87. The van der Waals surface area contributed by atoms with Gasteiger partial charge in [0.1, 0.15) is 0 Å². The predicted octanol–water partition coefficient (Wildman–Crippen LogP) is 3.56. The molecule has 2 saturated heterocycles. The Morgan fingerprint density at radius 2 is 1.75 bits per heavy atom. The second kappa shape index (κ2) is 7.56. The minimum absolute atomic E-state index is 0.257. The Morgan fingerprint density at radius 3 is 2.29 bits per heavy atom.